The first-order valence-corrected chi connectivity index (χ1v) is 8.93. The van der Waals surface area contributed by atoms with Gasteiger partial charge in [0.25, 0.3) is 0 Å². The Morgan fingerprint density at radius 3 is 2.56 bits per heavy atom. The van der Waals surface area contributed by atoms with Gasteiger partial charge < -0.3 is 15.5 Å². The zero-order chi connectivity index (χ0) is 17.6. The molecule has 0 aliphatic carbocycles. The van der Waals surface area contributed by atoms with Gasteiger partial charge in [-0.1, -0.05) is 12.1 Å². The van der Waals surface area contributed by atoms with Gasteiger partial charge in [0.1, 0.15) is 6.04 Å². The van der Waals surface area contributed by atoms with Crippen molar-refractivity contribution < 1.29 is 4.79 Å². The van der Waals surface area contributed by atoms with E-state index in [4.69, 9.17) is 0 Å². The average Bonchev–Trinajstić information content (AvgIpc) is 3.27. The van der Waals surface area contributed by atoms with Gasteiger partial charge in [-0.05, 0) is 57.1 Å². The summed E-state index contributed by atoms with van der Waals surface area (Å²) >= 11 is 0. The van der Waals surface area contributed by atoms with Gasteiger partial charge in [0.05, 0.1) is 6.20 Å². The van der Waals surface area contributed by atoms with Crippen LogP contribution >= 0.6 is 0 Å². The molecule has 1 aliphatic heterocycles. The van der Waals surface area contributed by atoms with Gasteiger partial charge in [0.15, 0.2) is 0 Å². The van der Waals surface area contributed by atoms with Gasteiger partial charge >= 0.3 is 0 Å². The minimum atomic E-state index is -0.413. The Morgan fingerprint density at radius 2 is 1.96 bits per heavy atom. The molecule has 2 aromatic rings. The Bertz CT molecular complexity index is 688. The first-order valence-electron chi connectivity index (χ1n) is 8.93. The summed E-state index contributed by atoms with van der Waals surface area (Å²) in [5.41, 5.74) is 2.98. The van der Waals surface area contributed by atoms with Crippen molar-refractivity contribution in [1.29, 1.82) is 0 Å². The third-order valence-electron chi connectivity index (χ3n) is 4.75. The number of aromatic nitrogens is 2. The van der Waals surface area contributed by atoms with E-state index in [0.717, 1.165) is 24.2 Å². The molecule has 6 heteroatoms. The van der Waals surface area contributed by atoms with Crippen LogP contribution in [0.25, 0.3) is 0 Å². The lowest BCUT2D eigenvalue weighted by Crippen LogP contribution is -2.30. The van der Waals surface area contributed by atoms with E-state index in [9.17, 15) is 4.79 Å². The molecule has 25 heavy (non-hydrogen) atoms. The van der Waals surface area contributed by atoms with Crippen LogP contribution < -0.4 is 10.6 Å². The van der Waals surface area contributed by atoms with Gasteiger partial charge in [-0.25, -0.2) is 0 Å². The van der Waals surface area contributed by atoms with Gasteiger partial charge in [-0.15, -0.1) is 0 Å². The third-order valence-corrected chi connectivity index (χ3v) is 4.75. The monoisotopic (exact) mass is 341 g/mol. The van der Waals surface area contributed by atoms with E-state index >= 15 is 0 Å². The number of likely N-dealkylation sites (N-methyl/N-ethyl adjacent to an activating group) is 1. The second-order valence-corrected chi connectivity index (χ2v) is 6.65. The van der Waals surface area contributed by atoms with E-state index in [1.807, 2.05) is 25.4 Å². The second-order valence-electron chi connectivity index (χ2n) is 6.65. The molecule has 0 saturated carbocycles. The number of rotatable bonds is 7. The van der Waals surface area contributed by atoms with Crippen LogP contribution in [-0.2, 0) is 18.3 Å². The quantitative estimate of drug-likeness (QED) is 0.808. The fourth-order valence-corrected chi connectivity index (χ4v) is 3.30. The molecule has 1 aromatic heterocycles. The van der Waals surface area contributed by atoms with Gasteiger partial charge in [0.2, 0.25) is 5.91 Å². The Labute approximate surface area is 149 Å². The fourth-order valence-electron chi connectivity index (χ4n) is 3.30. The predicted molar refractivity (Wildman–Crippen MR) is 99.5 cm³/mol. The Kier molecular flexibility index (Phi) is 5.83. The normalized spacial score (nSPS) is 16.1. The summed E-state index contributed by atoms with van der Waals surface area (Å²) in [5, 5.41) is 10.2. The van der Waals surface area contributed by atoms with Crippen molar-refractivity contribution in [2.75, 3.05) is 32.0 Å². The molecule has 0 spiro atoms. The van der Waals surface area contributed by atoms with E-state index in [0.29, 0.717) is 0 Å². The highest BCUT2D eigenvalue weighted by Crippen LogP contribution is 2.16. The molecule has 2 heterocycles. The van der Waals surface area contributed by atoms with Crippen molar-refractivity contribution in [2.45, 2.75) is 25.3 Å². The standard InChI is InChI=1S/C19H27N5O/c1-20-18(16-13-21-23(2)14-16)19(25)22-17-7-5-15(6-8-17)9-12-24-10-3-4-11-24/h5-8,13-14,18,20H,3-4,9-12H2,1-2H3,(H,22,25). The molecular weight excluding hydrogens is 314 g/mol. The van der Waals surface area contributed by atoms with Crippen LogP contribution in [-0.4, -0.2) is 47.3 Å². The van der Waals surface area contributed by atoms with Crippen molar-refractivity contribution in [3.63, 3.8) is 0 Å². The molecule has 1 unspecified atom stereocenters. The molecular formula is C19H27N5O. The van der Waals surface area contributed by atoms with Crippen LogP contribution in [0.2, 0.25) is 0 Å². The number of aryl methyl sites for hydroxylation is 1. The highest BCUT2D eigenvalue weighted by Gasteiger charge is 2.20. The number of hydrogen-bond acceptors (Lipinski definition) is 4. The van der Waals surface area contributed by atoms with Crippen LogP contribution in [0.3, 0.4) is 0 Å². The molecule has 1 aromatic carbocycles. The zero-order valence-corrected chi connectivity index (χ0v) is 15.0. The number of amides is 1. The van der Waals surface area contributed by atoms with Crippen LogP contribution in [0.1, 0.15) is 30.0 Å². The summed E-state index contributed by atoms with van der Waals surface area (Å²) in [7, 11) is 3.62. The number of nitrogens with one attached hydrogen (secondary N) is 2. The number of hydrogen-bond donors (Lipinski definition) is 2. The lowest BCUT2D eigenvalue weighted by atomic mass is 10.1. The minimum absolute atomic E-state index is 0.0830. The lowest BCUT2D eigenvalue weighted by Gasteiger charge is -2.16. The summed E-state index contributed by atoms with van der Waals surface area (Å²) in [6, 6.07) is 7.75. The molecule has 0 radical (unpaired) electrons. The Hall–Kier alpha value is -2.18. The topological polar surface area (TPSA) is 62.2 Å². The first kappa shape index (κ1) is 17.6. The molecule has 0 bridgehead atoms. The van der Waals surface area contributed by atoms with E-state index in [-0.39, 0.29) is 5.91 Å². The van der Waals surface area contributed by atoms with Crippen LogP contribution in [0.15, 0.2) is 36.7 Å². The SMILES string of the molecule is CNC(C(=O)Nc1ccc(CCN2CCCC2)cc1)c1cnn(C)c1. The van der Waals surface area contributed by atoms with Crippen molar-refractivity contribution in [3.8, 4) is 0 Å². The maximum Gasteiger partial charge on any atom is 0.246 e. The maximum absolute atomic E-state index is 12.5. The van der Waals surface area contributed by atoms with Gasteiger partial charge in [0, 0.05) is 31.0 Å². The molecule has 2 N–H and O–H groups in total. The number of anilines is 1. The number of carbonyl (C=O) groups excluding carboxylic acids is 1. The summed E-state index contributed by atoms with van der Waals surface area (Å²) in [4.78, 5) is 15.0. The number of benzene rings is 1. The van der Waals surface area contributed by atoms with Gasteiger partial charge in [-0.2, -0.15) is 5.10 Å². The largest absolute Gasteiger partial charge is 0.324 e. The summed E-state index contributed by atoms with van der Waals surface area (Å²) in [5.74, 6) is -0.0830. The van der Waals surface area contributed by atoms with Crippen molar-refractivity contribution in [3.05, 3.63) is 47.8 Å². The maximum atomic E-state index is 12.5. The highest BCUT2D eigenvalue weighted by molar-refractivity contribution is 5.95. The molecule has 134 valence electrons. The van der Waals surface area contributed by atoms with Crippen molar-refractivity contribution in [1.82, 2.24) is 20.0 Å². The summed E-state index contributed by atoms with van der Waals surface area (Å²) < 4.78 is 1.70. The fraction of sp³-hybridized carbons (Fsp3) is 0.474. The molecule has 6 nitrogen and oxygen atoms in total. The number of nitrogens with zero attached hydrogens (tertiary/aromatic N) is 3. The molecule has 1 saturated heterocycles. The van der Waals surface area contributed by atoms with E-state index < -0.39 is 6.04 Å². The first-order chi connectivity index (χ1) is 12.2. The smallest absolute Gasteiger partial charge is 0.246 e. The Morgan fingerprint density at radius 1 is 1.24 bits per heavy atom. The van der Waals surface area contributed by atoms with E-state index in [1.54, 1.807) is 17.9 Å². The van der Waals surface area contributed by atoms with Crippen molar-refractivity contribution >= 4 is 11.6 Å². The molecule has 1 aliphatic rings. The number of likely N-dealkylation sites (tertiary alicyclic amines) is 1. The summed E-state index contributed by atoms with van der Waals surface area (Å²) in [6.07, 6.45) is 7.27. The van der Waals surface area contributed by atoms with Gasteiger partial charge in [-0.3, -0.25) is 9.48 Å². The number of carbonyl (C=O) groups is 1. The molecule has 3 rings (SSSR count). The highest BCUT2D eigenvalue weighted by atomic mass is 16.2. The van der Waals surface area contributed by atoms with Crippen LogP contribution in [0, 0.1) is 0 Å². The molecule has 1 fully saturated rings. The summed E-state index contributed by atoms with van der Waals surface area (Å²) in [6.45, 7) is 3.58. The second kappa shape index (κ2) is 8.27. The Balaban J connectivity index is 1.55. The molecule has 1 atom stereocenters. The average molecular weight is 341 g/mol. The van der Waals surface area contributed by atoms with Crippen LogP contribution in [0.5, 0.6) is 0 Å². The zero-order valence-electron chi connectivity index (χ0n) is 15.0. The predicted octanol–water partition coefficient (Wildman–Crippen LogP) is 1.96. The van der Waals surface area contributed by atoms with E-state index in [2.05, 4.69) is 32.8 Å². The minimum Gasteiger partial charge on any atom is -0.324 e. The molecule has 1 amide bonds. The van der Waals surface area contributed by atoms with Crippen LogP contribution in [0.4, 0.5) is 5.69 Å². The lowest BCUT2D eigenvalue weighted by molar-refractivity contribution is -0.118. The third kappa shape index (κ3) is 4.67. The van der Waals surface area contributed by atoms with Crippen molar-refractivity contribution in [2.24, 2.45) is 7.05 Å². The van der Waals surface area contributed by atoms with E-state index in [1.165, 1.54) is 31.5 Å².